The van der Waals surface area contributed by atoms with Gasteiger partial charge in [-0.3, -0.25) is 14.9 Å². The molecule has 0 aliphatic rings. The molecule has 0 aromatic heterocycles. The molecule has 0 bridgehead atoms. The minimum absolute atomic E-state index is 0.0289. The lowest BCUT2D eigenvalue weighted by atomic mass is 9.94. The second kappa shape index (κ2) is 5.27. The zero-order valence-corrected chi connectivity index (χ0v) is 10.1. The Balaban J connectivity index is 2.80. The van der Waals surface area contributed by atoms with Gasteiger partial charge in [-0.2, -0.15) is 5.26 Å². The molecule has 1 aromatic rings. The van der Waals surface area contributed by atoms with Gasteiger partial charge in [0.25, 0.3) is 5.69 Å². The van der Waals surface area contributed by atoms with Crippen LogP contribution in [0.2, 0.25) is 0 Å². The van der Waals surface area contributed by atoms with E-state index in [-0.39, 0.29) is 12.2 Å². The van der Waals surface area contributed by atoms with Gasteiger partial charge in [0, 0.05) is 18.2 Å². The summed E-state index contributed by atoms with van der Waals surface area (Å²) < 4.78 is 0. The maximum Gasteiger partial charge on any atom is 0.274 e. The average molecular weight is 247 g/mol. The molecule has 0 radical (unpaired) electrons. The number of hydrogen-bond acceptors (Lipinski definition) is 4. The van der Waals surface area contributed by atoms with Crippen LogP contribution in [0.25, 0.3) is 0 Å². The molecule has 0 saturated heterocycles. The number of rotatable bonds is 4. The van der Waals surface area contributed by atoms with E-state index < -0.39 is 16.2 Å². The number of benzene rings is 1. The largest absolute Gasteiger partial charge is 0.350 e. The Bertz CT molecular complexity index is 518. The summed E-state index contributed by atoms with van der Waals surface area (Å²) >= 11 is 0. The first-order valence-corrected chi connectivity index (χ1v) is 5.30. The summed E-state index contributed by atoms with van der Waals surface area (Å²) in [4.78, 5) is 21.9. The predicted molar refractivity (Wildman–Crippen MR) is 64.3 cm³/mol. The molecule has 0 fully saturated rings. The van der Waals surface area contributed by atoms with Gasteiger partial charge in [-0.05, 0) is 13.8 Å². The number of carbonyl (C=O) groups excluding carboxylic acids is 1. The van der Waals surface area contributed by atoms with Crippen LogP contribution in [0.15, 0.2) is 24.3 Å². The van der Waals surface area contributed by atoms with Gasteiger partial charge in [0.1, 0.15) is 5.41 Å². The highest BCUT2D eigenvalue weighted by molar-refractivity contribution is 5.84. The van der Waals surface area contributed by atoms with E-state index in [4.69, 9.17) is 5.26 Å². The van der Waals surface area contributed by atoms with Crippen molar-refractivity contribution in [2.75, 3.05) is 0 Å². The molecule has 0 heterocycles. The molecule has 0 saturated carbocycles. The highest BCUT2D eigenvalue weighted by Gasteiger charge is 2.27. The van der Waals surface area contributed by atoms with Crippen molar-refractivity contribution in [1.82, 2.24) is 5.32 Å². The third-order valence-electron chi connectivity index (χ3n) is 2.47. The van der Waals surface area contributed by atoms with Crippen molar-refractivity contribution in [2.45, 2.75) is 20.4 Å². The number of nitriles is 1. The molecule has 0 unspecified atom stereocenters. The monoisotopic (exact) mass is 247 g/mol. The second-order valence-corrected chi connectivity index (χ2v) is 4.31. The third-order valence-corrected chi connectivity index (χ3v) is 2.47. The number of nitrogens with zero attached hydrogens (tertiary/aromatic N) is 2. The van der Waals surface area contributed by atoms with Crippen LogP contribution in [0, 0.1) is 26.9 Å². The average Bonchev–Trinajstić information content (AvgIpc) is 2.36. The summed E-state index contributed by atoms with van der Waals surface area (Å²) in [7, 11) is 0. The predicted octanol–water partition coefficient (Wildman–Crippen LogP) is 1.76. The van der Waals surface area contributed by atoms with Gasteiger partial charge in [-0.15, -0.1) is 0 Å². The Labute approximate surface area is 104 Å². The van der Waals surface area contributed by atoms with Gasteiger partial charge in [0.2, 0.25) is 5.91 Å². The fourth-order valence-electron chi connectivity index (χ4n) is 1.29. The molecule has 1 rings (SSSR count). The molecule has 18 heavy (non-hydrogen) atoms. The van der Waals surface area contributed by atoms with Gasteiger partial charge in [0.15, 0.2) is 0 Å². The van der Waals surface area contributed by atoms with Crippen molar-refractivity contribution in [2.24, 2.45) is 5.41 Å². The first kappa shape index (κ1) is 13.6. The zero-order valence-electron chi connectivity index (χ0n) is 10.1. The second-order valence-electron chi connectivity index (χ2n) is 4.31. The fraction of sp³-hybridized carbons (Fsp3) is 0.333. The SMILES string of the molecule is CC(C)(C#N)C(=O)NCc1ccccc1[N+](=O)[O-]. The maximum atomic E-state index is 11.6. The van der Waals surface area contributed by atoms with Gasteiger partial charge in [-0.1, -0.05) is 18.2 Å². The standard InChI is InChI=1S/C12H13N3O3/c1-12(2,8-13)11(16)14-7-9-5-3-4-6-10(9)15(17)18/h3-6H,7H2,1-2H3,(H,14,16). The van der Waals surface area contributed by atoms with Gasteiger partial charge in [0.05, 0.1) is 11.0 Å². The van der Waals surface area contributed by atoms with Crippen LogP contribution in [0.1, 0.15) is 19.4 Å². The summed E-state index contributed by atoms with van der Waals surface area (Å²) in [5.41, 5.74) is -0.791. The van der Waals surface area contributed by atoms with E-state index in [1.54, 1.807) is 18.2 Å². The van der Waals surface area contributed by atoms with Crippen molar-refractivity contribution in [1.29, 1.82) is 5.26 Å². The summed E-state index contributed by atoms with van der Waals surface area (Å²) in [6.07, 6.45) is 0. The summed E-state index contributed by atoms with van der Waals surface area (Å²) in [6, 6.07) is 8.02. The van der Waals surface area contributed by atoms with Crippen molar-refractivity contribution >= 4 is 11.6 Å². The van der Waals surface area contributed by atoms with E-state index in [1.807, 2.05) is 6.07 Å². The molecule has 1 amide bonds. The van der Waals surface area contributed by atoms with Crippen LogP contribution in [0.4, 0.5) is 5.69 Å². The highest BCUT2D eigenvalue weighted by atomic mass is 16.6. The highest BCUT2D eigenvalue weighted by Crippen LogP contribution is 2.18. The molecule has 0 spiro atoms. The Morgan fingerprint density at radius 1 is 1.50 bits per heavy atom. The topological polar surface area (TPSA) is 96.0 Å². The van der Waals surface area contributed by atoms with Gasteiger partial charge in [-0.25, -0.2) is 0 Å². The van der Waals surface area contributed by atoms with Crippen LogP contribution >= 0.6 is 0 Å². The summed E-state index contributed by atoms with van der Waals surface area (Å²) in [6.45, 7) is 3.00. The lowest BCUT2D eigenvalue weighted by molar-refractivity contribution is -0.385. The normalized spacial score (nSPS) is 10.5. The molecular weight excluding hydrogens is 234 g/mol. The molecule has 0 atom stereocenters. The zero-order chi connectivity index (χ0) is 13.8. The molecule has 1 N–H and O–H groups in total. The van der Waals surface area contributed by atoms with Crippen molar-refractivity contribution in [3.63, 3.8) is 0 Å². The van der Waals surface area contributed by atoms with E-state index in [2.05, 4.69) is 5.32 Å². The van der Waals surface area contributed by atoms with Gasteiger partial charge >= 0.3 is 0 Å². The van der Waals surface area contributed by atoms with Crippen LogP contribution in [-0.2, 0) is 11.3 Å². The number of para-hydroxylation sites is 1. The first-order valence-electron chi connectivity index (χ1n) is 5.30. The number of nitro benzene ring substituents is 1. The van der Waals surface area contributed by atoms with E-state index in [1.165, 1.54) is 19.9 Å². The Hall–Kier alpha value is -2.42. The lowest BCUT2D eigenvalue weighted by Gasteiger charge is -2.14. The molecule has 0 aliphatic heterocycles. The van der Waals surface area contributed by atoms with Crippen LogP contribution in [0.3, 0.4) is 0 Å². The quantitative estimate of drug-likeness (QED) is 0.647. The Morgan fingerprint density at radius 2 is 2.11 bits per heavy atom. The van der Waals surface area contributed by atoms with E-state index in [0.717, 1.165) is 0 Å². The van der Waals surface area contributed by atoms with Crippen molar-refractivity contribution in [3.8, 4) is 6.07 Å². The number of hydrogen-bond donors (Lipinski definition) is 1. The summed E-state index contributed by atoms with van der Waals surface area (Å²) in [5, 5.41) is 22.1. The van der Waals surface area contributed by atoms with Crippen molar-refractivity contribution in [3.05, 3.63) is 39.9 Å². The van der Waals surface area contributed by atoms with Crippen LogP contribution < -0.4 is 5.32 Å². The molecule has 94 valence electrons. The van der Waals surface area contributed by atoms with Crippen LogP contribution in [0.5, 0.6) is 0 Å². The van der Waals surface area contributed by atoms with Crippen molar-refractivity contribution < 1.29 is 9.72 Å². The molecule has 6 heteroatoms. The number of carbonyl (C=O) groups is 1. The number of nitrogens with one attached hydrogen (secondary N) is 1. The third kappa shape index (κ3) is 3.04. The molecular formula is C12H13N3O3. The molecule has 0 aliphatic carbocycles. The van der Waals surface area contributed by atoms with Crippen LogP contribution in [-0.4, -0.2) is 10.8 Å². The fourth-order valence-corrected chi connectivity index (χ4v) is 1.29. The number of amides is 1. The van der Waals surface area contributed by atoms with E-state index in [0.29, 0.717) is 5.56 Å². The maximum absolute atomic E-state index is 11.6. The molecule has 1 aromatic carbocycles. The van der Waals surface area contributed by atoms with E-state index >= 15 is 0 Å². The molecule has 6 nitrogen and oxygen atoms in total. The van der Waals surface area contributed by atoms with E-state index in [9.17, 15) is 14.9 Å². The summed E-state index contributed by atoms with van der Waals surface area (Å²) in [5.74, 6) is -0.455. The number of nitro groups is 1. The Kier molecular flexibility index (Phi) is 4.00. The van der Waals surface area contributed by atoms with Gasteiger partial charge < -0.3 is 5.32 Å². The minimum atomic E-state index is -1.15. The first-order chi connectivity index (χ1) is 8.38. The smallest absolute Gasteiger partial charge is 0.274 e. The lowest BCUT2D eigenvalue weighted by Crippen LogP contribution is -2.35. The minimum Gasteiger partial charge on any atom is -0.350 e. The Morgan fingerprint density at radius 3 is 2.67 bits per heavy atom.